The van der Waals surface area contributed by atoms with Crippen molar-refractivity contribution in [1.82, 2.24) is 15.1 Å². The Bertz CT molecular complexity index is 1080. The van der Waals surface area contributed by atoms with Gasteiger partial charge in [-0.25, -0.2) is 4.79 Å². The summed E-state index contributed by atoms with van der Waals surface area (Å²) in [6.07, 6.45) is -0.218. The van der Waals surface area contributed by atoms with Crippen molar-refractivity contribution in [2.24, 2.45) is 0 Å². The number of fused-ring (bicyclic) bond motifs is 1. The average Bonchev–Trinajstić information content (AvgIpc) is 2.90. The first-order valence-corrected chi connectivity index (χ1v) is 12.6. The smallest absolute Gasteiger partial charge is 0.410 e. The highest BCUT2D eigenvalue weighted by Crippen LogP contribution is 2.34. The standard InChI is InChI=1S/C30H35N3O2.2ClH/c1-22-8-12-25(13-9-22)29(26-14-10-23(2)11-15-26)28-19-31-18-27-20-32(16-17-33(27)28)30(34)35-21-24-6-4-3-5-7-24;;/h3-15,27-29,31H,16-21H2,1-2H3;2*1H/t27-,28+;;/m1../s1. The van der Waals surface area contributed by atoms with Crippen LogP contribution in [0.25, 0.3) is 0 Å². The van der Waals surface area contributed by atoms with Gasteiger partial charge in [-0.15, -0.1) is 24.8 Å². The summed E-state index contributed by atoms with van der Waals surface area (Å²) in [5, 5.41) is 3.67. The Labute approximate surface area is 233 Å². The third-order valence-corrected chi connectivity index (χ3v) is 7.41. The molecule has 2 saturated heterocycles. The SMILES string of the molecule is Cc1ccc(C(c2ccc(C)cc2)[C@@H]2CNC[C@@H]3CN(C(=O)OCc4ccccc4)CCN32)cc1.Cl.Cl. The van der Waals surface area contributed by atoms with Crippen LogP contribution in [0.15, 0.2) is 78.9 Å². The van der Waals surface area contributed by atoms with Gasteiger partial charge in [0, 0.05) is 50.7 Å². The van der Waals surface area contributed by atoms with Crippen molar-refractivity contribution in [3.8, 4) is 0 Å². The fraction of sp³-hybridized carbons (Fsp3) is 0.367. The van der Waals surface area contributed by atoms with Crippen LogP contribution < -0.4 is 5.32 Å². The van der Waals surface area contributed by atoms with Gasteiger partial charge in [0.15, 0.2) is 0 Å². The van der Waals surface area contributed by atoms with E-state index in [0.717, 1.165) is 25.2 Å². The molecule has 37 heavy (non-hydrogen) atoms. The van der Waals surface area contributed by atoms with Crippen molar-refractivity contribution in [3.05, 3.63) is 107 Å². The van der Waals surface area contributed by atoms with E-state index < -0.39 is 0 Å². The molecule has 0 aliphatic carbocycles. The number of benzene rings is 3. The number of piperazine rings is 2. The number of carbonyl (C=O) groups excluding carboxylic acids is 1. The second-order valence-electron chi connectivity index (χ2n) is 9.90. The Morgan fingerprint density at radius 3 is 2.05 bits per heavy atom. The molecule has 1 N–H and O–H groups in total. The van der Waals surface area contributed by atoms with Crippen LogP contribution in [-0.4, -0.2) is 60.7 Å². The average molecular weight is 543 g/mol. The van der Waals surface area contributed by atoms with E-state index in [1.54, 1.807) is 0 Å². The molecule has 0 aromatic heterocycles. The topological polar surface area (TPSA) is 44.8 Å². The molecule has 2 aliphatic rings. The van der Waals surface area contributed by atoms with Gasteiger partial charge >= 0.3 is 6.09 Å². The minimum absolute atomic E-state index is 0. The summed E-state index contributed by atoms with van der Waals surface area (Å²) >= 11 is 0. The zero-order valence-corrected chi connectivity index (χ0v) is 23.1. The molecular formula is C30H37Cl2N3O2. The molecule has 5 nitrogen and oxygen atoms in total. The van der Waals surface area contributed by atoms with E-state index in [0.29, 0.717) is 25.7 Å². The number of nitrogens with zero attached hydrogens (tertiary/aromatic N) is 2. The third-order valence-electron chi connectivity index (χ3n) is 7.41. The highest BCUT2D eigenvalue weighted by molar-refractivity contribution is 5.85. The summed E-state index contributed by atoms with van der Waals surface area (Å²) < 4.78 is 5.63. The zero-order valence-electron chi connectivity index (χ0n) is 21.5. The Morgan fingerprint density at radius 1 is 0.865 bits per heavy atom. The monoisotopic (exact) mass is 541 g/mol. The highest BCUT2D eigenvalue weighted by atomic mass is 35.5. The number of hydrogen-bond acceptors (Lipinski definition) is 4. The molecule has 2 heterocycles. The normalized spacial score (nSPS) is 19.4. The third kappa shape index (κ3) is 6.85. The maximum absolute atomic E-state index is 12.8. The number of ether oxygens (including phenoxy) is 1. The van der Waals surface area contributed by atoms with Crippen LogP contribution in [0.5, 0.6) is 0 Å². The number of carbonyl (C=O) groups is 1. The summed E-state index contributed by atoms with van der Waals surface area (Å²) in [4.78, 5) is 17.3. The molecule has 3 aromatic rings. The first-order chi connectivity index (χ1) is 17.1. The van der Waals surface area contributed by atoms with Crippen molar-refractivity contribution in [3.63, 3.8) is 0 Å². The molecule has 5 rings (SSSR count). The maximum Gasteiger partial charge on any atom is 0.410 e. The Kier molecular flexibility index (Phi) is 10.4. The molecule has 3 aromatic carbocycles. The molecule has 2 fully saturated rings. The number of amides is 1. The van der Waals surface area contributed by atoms with E-state index in [9.17, 15) is 4.79 Å². The Balaban J connectivity index is 0.00000190. The molecule has 0 bridgehead atoms. The van der Waals surface area contributed by atoms with Crippen LogP contribution in [0.3, 0.4) is 0 Å². The van der Waals surface area contributed by atoms with Gasteiger partial charge in [-0.2, -0.15) is 0 Å². The van der Waals surface area contributed by atoms with Crippen LogP contribution in [0.2, 0.25) is 0 Å². The molecule has 198 valence electrons. The summed E-state index contributed by atoms with van der Waals surface area (Å²) in [6.45, 7) is 8.63. The largest absolute Gasteiger partial charge is 0.445 e. The molecule has 2 atom stereocenters. The first-order valence-electron chi connectivity index (χ1n) is 12.6. The number of aryl methyl sites for hydroxylation is 2. The maximum atomic E-state index is 12.8. The first kappa shape index (κ1) is 29.0. The lowest BCUT2D eigenvalue weighted by Gasteiger charge is -2.50. The molecular weight excluding hydrogens is 505 g/mol. The van der Waals surface area contributed by atoms with Crippen LogP contribution in [0.4, 0.5) is 4.79 Å². The lowest BCUT2D eigenvalue weighted by atomic mass is 9.81. The fourth-order valence-corrected chi connectivity index (χ4v) is 5.47. The van der Waals surface area contributed by atoms with Gasteiger partial charge in [-0.1, -0.05) is 90.0 Å². The molecule has 2 aliphatic heterocycles. The van der Waals surface area contributed by atoms with Crippen molar-refractivity contribution in [2.45, 2.75) is 38.5 Å². The fourth-order valence-electron chi connectivity index (χ4n) is 5.47. The lowest BCUT2D eigenvalue weighted by molar-refractivity contribution is 0.00850. The van der Waals surface area contributed by atoms with E-state index >= 15 is 0 Å². The minimum Gasteiger partial charge on any atom is -0.445 e. The van der Waals surface area contributed by atoms with E-state index in [-0.39, 0.29) is 42.9 Å². The molecule has 1 amide bonds. The predicted molar refractivity (Wildman–Crippen MR) is 154 cm³/mol. The molecule has 0 unspecified atom stereocenters. The number of hydrogen-bond donors (Lipinski definition) is 1. The Morgan fingerprint density at radius 2 is 1.46 bits per heavy atom. The quantitative estimate of drug-likeness (QED) is 0.458. The van der Waals surface area contributed by atoms with E-state index in [4.69, 9.17) is 4.74 Å². The van der Waals surface area contributed by atoms with Crippen LogP contribution in [-0.2, 0) is 11.3 Å². The van der Waals surface area contributed by atoms with E-state index in [1.165, 1.54) is 22.3 Å². The minimum atomic E-state index is -0.218. The number of halogens is 2. The van der Waals surface area contributed by atoms with E-state index in [1.807, 2.05) is 35.2 Å². The molecule has 0 radical (unpaired) electrons. The summed E-state index contributed by atoms with van der Waals surface area (Å²) in [5.74, 6) is 0.267. The second kappa shape index (κ2) is 13.3. The van der Waals surface area contributed by atoms with Crippen molar-refractivity contribution in [2.75, 3.05) is 32.7 Å². The van der Waals surface area contributed by atoms with Gasteiger partial charge in [-0.3, -0.25) is 4.90 Å². The molecule has 0 spiro atoms. The van der Waals surface area contributed by atoms with Crippen molar-refractivity contribution in [1.29, 1.82) is 0 Å². The van der Waals surface area contributed by atoms with Gasteiger partial charge < -0.3 is 15.0 Å². The van der Waals surface area contributed by atoms with Gasteiger partial charge in [-0.05, 0) is 30.5 Å². The second-order valence-corrected chi connectivity index (χ2v) is 9.90. The van der Waals surface area contributed by atoms with E-state index in [2.05, 4.69) is 72.6 Å². The zero-order chi connectivity index (χ0) is 24.2. The van der Waals surface area contributed by atoms with Crippen molar-refractivity contribution >= 4 is 30.9 Å². The predicted octanol–water partition coefficient (Wildman–Crippen LogP) is 5.57. The van der Waals surface area contributed by atoms with Crippen molar-refractivity contribution < 1.29 is 9.53 Å². The summed E-state index contributed by atoms with van der Waals surface area (Å²) in [5.41, 5.74) is 6.25. The van der Waals surface area contributed by atoms with Crippen LogP contribution in [0, 0.1) is 13.8 Å². The summed E-state index contributed by atoms with van der Waals surface area (Å²) in [7, 11) is 0. The van der Waals surface area contributed by atoms with Crippen LogP contribution >= 0.6 is 24.8 Å². The van der Waals surface area contributed by atoms with Crippen LogP contribution in [0.1, 0.15) is 33.7 Å². The lowest BCUT2D eigenvalue weighted by Crippen LogP contribution is -2.66. The molecule has 7 heteroatoms. The van der Waals surface area contributed by atoms with Gasteiger partial charge in [0.05, 0.1) is 0 Å². The summed E-state index contributed by atoms with van der Waals surface area (Å²) in [6, 6.07) is 28.4. The molecule has 0 saturated carbocycles. The van der Waals surface area contributed by atoms with Gasteiger partial charge in [0.1, 0.15) is 6.61 Å². The number of nitrogens with one attached hydrogen (secondary N) is 1. The number of rotatable bonds is 5. The van der Waals surface area contributed by atoms with Gasteiger partial charge in [0.2, 0.25) is 0 Å². The highest BCUT2D eigenvalue weighted by Gasteiger charge is 2.40. The Hall–Kier alpha value is -2.57. The van der Waals surface area contributed by atoms with Gasteiger partial charge in [0.25, 0.3) is 0 Å².